The van der Waals surface area contributed by atoms with E-state index in [1.54, 1.807) is 0 Å². The molecule has 1 amide bonds. The van der Waals surface area contributed by atoms with Gasteiger partial charge in [0, 0.05) is 18.3 Å². The lowest BCUT2D eigenvalue weighted by atomic mass is 9.89. The van der Waals surface area contributed by atoms with Gasteiger partial charge in [-0.05, 0) is 69.8 Å². The van der Waals surface area contributed by atoms with Gasteiger partial charge < -0.3 is 21.7 Å². The van der Waals surface area contributed by atoms with Crippen molar-refractivity contribution in [3.8, 4) is 0 Å². The number of likely N-dealkylation sites (tertiary alicyclic amines) is 1. The molecule has 6 nitrogen and oxygen atoms in total. The number of halogens is 3. The van der Waals surface area contributed by atoms with Crippen molar-refractivity contribution >= 4 is 17.4 Å². The van der Waals surface area contributed by atoms with Crippen LogP contribution in [-0.4, -0.2) is 48.0 Å². The van der Waals surface area contributed by atoms with Crippen LogP contribution < -0.4 is 16.8 Å². The van der Waals surface area contributed by atoms with E-state index in [-0.39, 0.29) is 23.0 Å². The van der Waals surface area contributed by atoms with E-state index in [0.29, 0.717) is 11.7 Å². The molecular formula is C22H30F3N5O. The van der Waals surface area contributed by atoms with Crippen LogP contribution in [0.3, 0.4) is 0 Å². The number of carbonyl (C=O) groups excluding carboxylic acids is 1. The van der Waals surface area contributed by atoms with Crippen LogP contribution in [0, 0.1) is 0 Å². The second-order valence-electron chi connectivity index (χ2n) is 8.34. The van der Waals surface area contributed by atoms with Crippen LogP contribution in [0.15, 0.2) is 41.0 Å². The van der Waals surface area contributed by atoms with Crippen molar-refractivity contribution in [1.29, 1.82) is 0 Å². The average Bonchev–Trinajstić information content (AvgIpc) is 2.67. The number of aliphatic imine (C=N–C) groups is 1. The molecule has 1 heterocycles. The first kappa shape index (κ1) is 23.1. The summed E-state index contributed by atoms with van der Waals surface area (Å²) in [6.45, 7) is 3.48. The maximum atomic E-state index is 12.8. The summed E-state index contributed by atoms with van der Waals surface area (Å²) in [7, 11) is 0. The molecule has 9 heteroatoms. The quantitative estimate of drug-likeness (QED) is 0.346. The van der Waals surface area contributed by atoms with Gasteiger partial charge in [0.15, 0.2) is 0 Å². The van der Waals surface area contributed by atoms with Gasteiger partial charge in [-0.3, -0.25) is 4.79 Å². The predicted octanol–water partition coefficient (Wildman–Crippen LogP) is 3.32. The predicted molar refractivity (Wildman–Crippen MR) is 115 cm³/mol. The molecule has 1 unspecified atom stereocenters. The topological polar surface area (TPSA) is 96.7 Å². The number of hydrogen-bond acceptors (Lipinski definition) is 4. The molecule has 0 radical (unpaired) electrons. The Balaban J connectivity index is 1.62. The van der Waals surface area contributed by atoms with Crippen LogP contribution >= 0.6 is 0 Å². The van der Waals surface area contributed by atoms with E-state index in [4.69, 9.17) is 11.5 Å². The number of benzene rings is 1. The van der Waals surface area contributed by atoms with Crippen LogP contribution in [0.1, 0.15) is 50.5 Å². The Morgan fingerprint density at radius 1 is 1.16 bits per heavy atom. The number of rotatable bonds is 7. The lowest BCUT2D eigenvalue weighted by Gasteiger charge is -2.42. The Morgan fingerprint density at radius 3 is 2.26 bits per heavy atom. The van der Waals surface area contributed by atoms with Crippen LogP contribution in [-0.2, 0) is 4.79 Å². The van der Waals surface area contributed by atoms with E-state index in [0.717, 1.165) is 32.6 Å². The summed E-state index contributed by atoms with van der Waals surface area (Å²) >= 11 is 0. The van der Waals surface area contributed by atoms with Crippen molar-refractivity contribution in [1.82, 2.24) is 10.2 Å². The molecule has 1 atom stereocenters. The molecule has 1 saturated carbocycles. The van der Waals surface area contributed by atoms with Crippen LogP contribution in [0.2, 0.25) is 0 Å². The van der Waals surface area contributed by atoms with E-state index in [2.05, 4.69) is 15.2 Å². The zero-order valence-electron chi connectivity index (χ0n) is 17.7. The maximum Gasteiger partial charge on any atom is 0.395 e. The zero-order chi connectivity index (χ0) is 22.6. The number of alkyl halides is 3. The minimum Gasteiger partial charge on any atom is -0.387 e. The molecule has 170 valence electrons. The van der Waals surface area contributed by atoms with Gasteiger partial charge in [0.2, 0.25) is 0 Å². The Bertz CT molecular complexity index is 823. The molecule has 5 N–H and O–H groups in total. The molecule has 1 aliphatic carbocycles. The number of nitrogens with two attached hydrogens (primary N) is 2. The second kappa shape index (κ2) is 9.72. The van der Waals surface area contributed by atoms with Crippen molar-refractivity contribution in [2.24, 2.45) is 16.5 Å². The summed E-state index contributed by atoms with van der Waals surface area (Å²) < 4.78 is 38.5. The van der Waals surface area contributed by atoms with Gasteiger partial charge in [-0.1, -0.05) is 12.1 Å². The number of nitrogens with one attached hydrogen (secondary N) is 1. The van der Waals surface area contributed by atoms with Crippen molar-refractivity contribution in [2.75, 3.05) is 13.1 Å². The number of amides is 1. The van der Waals surface area contributed by atoms with Crippen molar-refractivity contribution < 1.29 is 18.0 Å². The van der Waals surface area contributed by atoms with E-state index in [1.807, 2.05) is 0 Å². The van der Waals surface area contributed by atoms with Gasteiger partial charge in [-0.2, -0.15) is 13.2 Å². The summed E-state index contributed by atoms with van der Waals surface area (Å²) in [5, 5.41) is 3.24. The van der Waals surface area contributed by atoms with Gasteiger partial charge in [0.05, 0.1) is 17.2 Å². The minimum absolute atomic E-state index is 0.0533. The molecule has 1 aliphatic heterocycles. The highest BCUT2D eigenvalue weighted by molar-refractivity contribution is 6.20. The number of nitrogens with zero attached hydrogens (tertiary/aromatic N) is 2. The maximum absolute atomic E-state index is 12.8. The summed E-state index contributed by atoms with van der Waals surface area (Å²) in [5.74, 6) is -2.37. The van der Waals surface area contributed by atoms with Crippen LogP contribution in [0.5, 0.6) is 0 Å². The molecule has 2 aliphatic rings. The third kappa shape index (κ3) is 6.00. The lowest BCUT2D eigenvalue weighted by Crippen LogP contribution is -2.48. The summed E-state index contributed by atoms with van der Waals surface area (Å²) in [6, 6.07) is 6.48. The lowest BCUT2D eigenvalue weighted by molar-refractivity contribution is -0.146. The average molecular weight is 438 g/mol. The van der Waals surface area contributed by atoms with Gasteiger partial charge >= 0.3 is 6.18 Å². The molecule has 0 spiro atoms. The van der Waals surface area contributed by atoms with Gasteiger partial charge in [0.25, 0.3) is 5.91 Å². The standard InChI is InChI=1S/C22H30F3N5O/c1-14(22(23,24)25)15-3-5-17(6-4-15)29-20(26)19(21(27)31)13-28-16-7-9-18(10-8-16)30-11-2-12-30/h3-6,13-14,16,18,28H,2,7-12H2,1H3,(H2,26,29)(H2,27,31)/b19-13+. The first-order valence-electron chi connectivity index (χ1n) is 10.7. The molecular weight excluding hydrogens is 407 g/mol. The molecule has 3 rings (SSSR count). The smallest absolute Gasteiger partial charge is 0.387 e. The molecule has 1 saturated heterocycles. The summed E-state index contributed by atoms with van der Waals surface area (Å²) in [4.78, 5) is 18.5. The first-order valence-corrected chi connectivity index (χ1v) is 10.7. The Hall–Kier alpha value is -2.55. The van der Waals surface area contributed by atoms with Gasteiger partial charge in [0.1, 0.15) is 5.84 Å². The Labute approximate surface area is 180 Å². The number of amidine groups is 1. The minimum atomic E-state index is -4.31. The zero-order valence-corrected chi connectivity index (χ0v) is 17.7. The SMILES string of the molecule is CC(c1ccc(N=C(N)/C(=C\NC2CCC(N3CCC3)CC2)C(N)=O)cc1)C(F)(F)F. The largest absolute Gasteiger partial charge is 0.395 e. The van der Waals surface area contributed by atoms with Crippen molar-refractivity contribution in [2.45, 2.75) is 63.2 Å². The summed E-state index contributed by atoms with van der Waals surface area (Å²) in [6.07, 6.45) is 2.71. The number of carbonyl (C=O) groups is 1. The molecule has 2 fully saturated rings. The van der Waals surface area contributed by atoms with E-state index in [1.165, 1.54) is 50.0 Å². The van der Waals surface area contributed by atoms with E-state index < -0.39 is 18.0 Å². The fourth-order valence-electron chi connectivity index (χ4n) is 4.01. The number of hydrogen-bond donors (Lipinski definition) is 3. The monoisotopic (exact) mass is 437 g/mol. The number of primary amides is 1. The van der Waals surface area contributed by atoms with Crippen molar-refractivity contribution in [3.63, 3.8) is 0 Å². The third-order valence-corrected chi connectivity index (χ3v) is 6.24. The fraction of sp³-hybridized carbons (Fsp3) is 0.545. The summed E-state index contributed by atoms with van der Waals surface area (Å²) in [5.41, 5.74) is 12.0. The normalized spacial score (nSPS) is 24.4. The van der Waals surface area contributed by atoms with Crippen molar-refractivity contribution in [3.05, 3.63) is 41.6 Å². The van der Waals surface area contributed by atoms with E-state index >= 15 is 0 Å². The molecule has 1 aromatic rings. The first-order chi connectivity index (χ1) is 14.6. The van der Waals surface area contributed by atoms with Crippen LogP contribution in [0.25, 0.3) is 0 Å². The highest BCUT2D eigenvalue weighted by Crippen LogP contribution is 2.34. The second-order valence-corrected chi connectivity index (χ2v) is 8.34. The van der Waals surface area contributed by atoms with Crippen LogP contribution in [0.4, 0.5) is 18.9 Å². The highest BCUT2D eigenvalue weighted by Gasteiger charge is 2.36. The molecule has 1 aromatic carbocycles. The fourth-order valence-corrected chi connectivity index (χ4v) is 4.01. The van der Waals surface area contributed by atoms with Gasteiger partial charge in [-0.15, -0.1) is 0 Å². The Kier molecular flexibility index (Phi) is 7.25. The third-order valence-electron chi connectivity index (χ3n) is 6.24. The Morgan fingerprint density at radius 2 is 1.77 bits per heavy atom. The molecule has 31 heavy (non-hydrogen) atoms. The highest BCUT2D eigenvalue weighted by atomic mass is 19.4. The van der Waals surface area contributed by atoms with E-state index in [9.17, 15) is 18.0 Å². The molecule has 0 bridgehead atoms. The van der Waals surface area contributed by atoms with Gasteiger partial charge in [-0.25, -0.2) is 4.99 Å². The molecule has 0 aromatic heterocycles.